The molecule has 1 fully saturated rings. The predicted molar refractivity (Wildman–Crippen MR) is 103 cm³/mol. The number of nitrogens with zero attached hydrogens (tertiary/aromatic N) is 5. The standard InChI is InChI=1S/C18H21ClN6O/c1-11-9-25(10-12(2)26-11)18-22-16(15-8-20-24(3)17(15)23-18)21-14-6-4-5-13(19)7-14/h4-8,11-12H,9-10H2,1-3H3,(H,21,22,23)/t11-,12+. The number of ether oxygens (including phenoxy) is 1. The lowest BCUT2D eigenvalue weighted by molar-refractivity contribution is -0.00569. The molecule has 1 aliphatic rings. The van der Waals surface area contributed by atoms with Crippen LogP contribution in [-0.4, -0.2) is 45.0 Å². The summed E-state index contributed by atoms with van der Waals surface area (Å²) in [5, 5.41) is 9.23. The molecule has 4 rings (SSSR count). The Kier molecular flexibility index (Phi) is 4.42. The number of aryl methyl sites for hydroxylation is 1. The molecule has 1 aromatic carbocycles. The monoisotopic (exact) mass is 372 g/mol. The first-order chi connectivity index (χ1) is 12.5. The van der Waals surface area contributed by atoms with Crippen molar-refractivity contribution in [3.8, 4) is 0 Å². The lowest BCUT2D eigenvalue weighted by Crippen LogP contribution is -2.46. The fraction of sp³-hybridized carbons (Fsp3) is 0.389. The highest BCUT2D eigenvalue weighted by molar-refractivity contribution is 6.30. The molecule has 0 spiro atoms. The van der Waals surface area contributed by atoms with E-state index in [0.717, 1.165) is 29.8 Å². The van der Waals surface area contributed by atoms with Gasteiger partial charge in [0.1, 0.15) is 5.82 Å². The second-order valence-corrected chi connectivity index (χ2v) is 7.11. The Morgan fingerprint density at radius 2 is 1.96 bits per heavy atom. The van der Waals surface area contributed by atoms with Crippen LogP contribution in [0.4, 0.5) is 17.5 Å². The molecular formula is C18H21ClN6O. The molecule has 0 bridgehead atoms. The van der Waals surface area contributed by atoms with E-state index < -0.39 is 0 Å². The molecule has 0 amide bonds. The van der Waals surface area contributed by atoms with Crippen molar-refractivity contribution in [1.82, 2.24) is 19.7 Å². The van der Waals surface area contributed by atoms with Crippen molar-refractivity contribution in [3.05, 3.63) is 35.5 Å². The number of fused-ring (bicyclic) bond motifs is 1. The lowest BCUT2D eigenvalue weighted by Gasteiger charge is -2.35. The van der Waals surface area contributed by atoms with Gasteiger partial charge in [-0.3, -0.25) is 4.68 Å². The van der Waals surface area contributed by atoms with Crippen LogP contribution in [0, 0.1) is 0 Å². The summed E-state index contributed by atoms with van der Waals surface area (Å²) in [6.45, 7) is 5.64. The van der Waals surface area contributed by atoms with Gasteiger partial charge in [0.25, 0.3) is 0 Å². The molecule has 1 aliphatic heterocycles. The number of rotatable bonds is 3. The van der Waals surface area contributed by atoms with Crippen molar-refractivity contribution in [2.75, 3.05) is 23.3 Å². The maximum atomic E-state index is 6.11. The van der Waals surface area contributed by atoms with Crippen molar-refractivity contribution in [2.24, 2.45) is 7.05 Å². The largest absolute Gasteiger partial charge is 0.372 e. The fourth-order valence-electron chi connectivity index (χ4n) is 3.29. The van der Waals surface area contributed by atoms with Gasteiger partial charge in [-0.2, -0.15) is 15.1 Å². The Balaban J connectivity index is 1.76. The maximum Gasteiger partial charge on any atom is 0.229 e. The molecule has 1 N–H and O–H groups in total. The first-order valence-electron chi connectivity index (χ1n) is 8.62. The number of benzene rings is 1. The number of hydrogen-bond donors (Lipinski definition) is 1. The third-order valence-electron chi connectivity index (χ3n) is 4.37. The Labute approximate surface area is 156 Å². The quantitative estimate of drug-likeness (QED) is 0.760. The zero-order chi connectivity index (χ0) is 18.3. The summed E-state index contributed by atoms with van der Waals surface area (Å²) in [5.74, 6) is 1.39. The van der Waals surface area contributed by atoms with Crippen LogP contribution < -0.4 is 10.2 Å². The van der Waals surface area contributed by atoms with Crippen LogP contribution in [0.5, 0.6) is 0 Å². The van der Waals surface area contributed by atoms with Crippen LogP contribution >= 0.6 is 11.6 Å². The van der Waals surface area contributed by atoms with Gasteiger partial charge in [-0.15, -0.1) is 0 Å². The lowest BCUT2D eigenvalue weighted by atomic mass is 10.2. The van der Waals surface area contributed by atoms with E-state index in [-0.39, 0.29) is 12.2 Å². The fourth-order valence-corrected chi connectivity index (χ4v) is 3.48. The van der Waals surface area contributed by atoms with Gasteiger partial charge in [0.2, 0.25) is 5.95 Å². The summed E-state index contributed by atoms with van der Waals surface area (Å²) in [4.78, 5) is 11.7. The first kappa shape index (κ1) is 17.1. The van der Waals surface area contributed by atoms with E-state index in [1.165, 1.54) is 0 Å². The van der Waals surface area contributed by atoms with E-state index >= 15 is 0 Å². The number of morpholine rings is 1. The Hall–Kier alpha value is -2.38. The molecular weight excluding hydrogens is 352 g/mol. The molecule has 2 aromatic heterocycles. The second kappa shape index (κ2) is 6.74. The third kappa shape index (κ3) is 3.32. The molecule has 0 radical (unpaired) electrons. The highest BCUT2D eigenvalue weighted by atomic mass is 35.5. The van der Waals surface area contributed by atoms with Crippen LogP contribution in [-0.2, 0) is 11.8 Å². The smallest absolute Gasteiger partial charge is 0.229 e. The minimum atomic E-state index is 0.133. The van der Waals surface area contributed by atoms with E-state index in [2.05, 4.69) is 29.2 Å². The highest BCUT2D eigenvalue weighted by Crippen LogP contribution is 2.28. The summed E-state index contributed by atoms with van der Waals surface area (Å²) >= 11 is 6.11. The average molecular weight is 373 g/mol. The molecule has 2 atom stereocenters. The van der Waals surface area contributed by atoms with E-state index in [1.54, 1.807) is 10.9 Å². The molecule has 8 heteroatoms. The Morgan fingerprint density at radius 1 is 1.19 bits per heavy atom. The van der Waals surface area contributed by atoms with E-state index in [4.69, 9.17) is 26.3 Å². The summed E-state index contributed by atoms with van der Waals surface area (Å²) in [7, 11) is 1.88. The van der Waals surface area contributed by atoms with Crippen molar-refractivity contribution in [3.63, 3.8) is 0 Å². The van der Waals surface area contributed by atoms with E-state index in [0.29, 0.717) is 16.8 Å². The van der Waals surface area contributed by atoms with Gasteiger partial charge in [0, 0.05) is 30.8 Å². The van der Waals surface area contributed by atoms with Crippen molar-refractivity contribution in [2.45, 2.75) is 26.1 Å². The summed E-state index contributed by atoms with van der Waals surface area (Å²) in [5.41, 5.74) is 1.65. The van der Waals surface area contributed by atoms with Gasteiger partial charge < -0.3 is 15.0 Å². The SMILES string of the molecule is C[C@@H]1CN(c2nc(Nc3cccc(Cl)c3)c3cnn(C)c3n2)C[C@H](C)O1. The molecule has 26 heavy (non-hydrogen) atoms. The van der Waals surface area contributed by atoms with Gasteiger partial charge in [0.15, 0.2) is 5.65 Å². The zero-order valence-corrected chi connectivity index (χ0v) is 15.7. The van der Waals surface area contributed by atoms with Crippen LogP contribution in [0.15, 0.2) is 30.5 Å². The second-order valence-electron chi connectivity index (χ2n) is 6.68. The molecule has 1 saturated heterocycles. The predicted octanol–water partition coefficient (Wildman–Crippen LogP) is 3.37. The van der Waals surface area contributed by atoms with Crippen molar-refractivity contribution < 1.29 is 4.74 Å². The first-order valence-corrected chi connectivity index (χ1v) is 9.00. The molecule has 0 unspecified atom stereocenters. The topological polar surface area (TPSA) is 68.1 Å². The number of aromatic nitrogens is 4. The van der Waals surface area contributed by atoms with Gasteiger partial charge in [-0.25, -0.2) is 0 Å². The molecule has 0 saturated carbocycles. The van der Waals surface area contributed by atoms with Crippen LogP contribution in [0.1, 0.15) is 13.8 Å². The van der Waals surface area contributed by atoms with Gasteiger partial charge in [-0.1, -0.05) is 17.7 Å². The third-order valence-corrected chi connectivity index (χ3v) is 4.61. The molecule has 136 valence electrons. The van der Waals surface area contributed by atoms with E-state index in [9.17, 15) is 0 Å². The Morgan fingerprint density at radius 3 is 2.69 bits per heavy atom. The summed E-state index contributed by atoms with van der Waals surface area (Å²) in [6.07, 6.45) is 2.04. The van der Waals surface area contributed by atoms with Crippen LogP contribution in [0.25, 0.3) is 11.0 Å². The molecule has 3 aromatic rings. The highest BCUT2D eigenvalue weighted by Gasteiger charge is 2.25. The minimum absolute atomic E-state index is 0.133. The number of nitrogens with one attached hydrogen (secondary N) is 1. The maximum absolute atomic E-state index is 6.11. The number of anilines is 3. The molecule has 0 aliphatic carbocycles. The van der Waals surface area contributed by atoms with E-state index in [1.807, 2.05) is 31.3 Å². The minimum Gasteiger partial charge on any atom is -0.372 e. The number of halogens is 1. The van der Waals surface area contributed by atoms with Gasteiger partial charge in [-0.05, 0) is 32.0 Å². The summed E-state index contributed by atoms with van der Waals surface area (Å²) in [6, 6.07) is 7.56. The summed E-state index contributed by atoms with van der Waals surface area (Å²) < 4.78 is 7.59. The van der Waals surface area contributed by atoms with Crippen molar-refractivity contribution in [1.29, 1.82) is 0 Å². The van der Waals surface area contributed by atoms with Gasteiger partial charge >= 0.3 is 0 Å². The molecule has 7 nitrogen and oxygen atoms in total. The normalized spacial score (nSPS) is 20.5. The molecule has 3 heterocycles. The average Bonchev–Trinajstić information content (AvgIpc) is 2.96. The van der Waals surface area contributed by atoms with Crippen molar-refractivity contribution >= 4 is 40.1 Å². The zero-order valence-electron chi connectivity index (χ0n) is 15.0. The number of hydrogen-bond acceptors (Lipinski definition) is 6. The Bertz CT molecular complexity index is 933. The van der Waals surface area contributed by atoms with Crippen LogP contribution in [0.3, 0.4) is 0 Å². The van der Waals surface area contributed by atoms with Gasteiger partial charge in [0.05, 0.1) is 23.8 Å². The van der Waals surface area contributed by atoms with Crippen LogP contribution in [0.2, 0.25) is 5.02 Å².